The Bertz CT molecular complexity index is 310. The minimum absolute atomic E-state index is 0.124. The third-order valence-corrected chi connectivity index (χ3v) is 5.63. The highest BCUT2D eigenvalue weighted by atomic mass is 16.4. The zero-order valence-electron chi connectivity index (χ0n) is 13.2. The average Bonchev–Trinajstić information content (AvgIpc) is 2.47. The van der Waals surface area contributed by atoms with Crippen LogP contribution in [0.5, 0.6) is 0 Å². The molecule has 2 aliphatic rings. The zero-order valence-corrected chi connectivity index (χ0v) is 13.2. The molecule has 3 atom stereocenters. The molecule has 2 rings (SSSR count). The first kappa shape index (κ1) is 15.8. The summed E-state index contributed by atoms with van der Waals surface area (Å²) in [7, 11) is 0. The topological polar surface area (TPSA) is 40.5 Å². The lowest BCUT2D eigenvalue weighted by Crippen LogP contribution is -2.50. The molecule has 3 unspecified atom stereocenters. The Labute approximate surface area is 123 Å². The van der Waals surface area contributed by atoms with Gasteiger partial charge in [0.2, 0.25) is 0 Å². The van der Waals surface area contributed by atoms with Gasteiger partial charge in [-0.25, -0.2) is 0 Å². The van der Waals surface area contributed by atoms with E-state index in [2.05, 4.69) is 18.7 Å². The van der Waals surface area contributed by atoms with Crippen LogP contribution in [0.25, 0.3) is 0 Å². The molecule has 1 saturated heterocycles. The summed E-state index contributed by atoms with van der Waals surface area (Å²) in [4.78, 5) is 14.1. The summed E-state index contributed by atoms with van der Waals surface area (Å²) in [6.45, 7) is 6.75. The fourth-order valence-electron chi connectivity index (χ4n) is 4.29. The van der Waals surface area contributed by atoms with E-state index in [1.807, 2.05) is 0 Å². The lowest BCUT2D eigenvalue weighted by molar-refractivity contribution is -0.146. The molecular weight excluding hydrogens is 250 g/mol. The Morgan fingerprint density at radius 2 is 1.80 bits per heavy atom. The van der Waals surface area contributed by atoms with E-state index in [1.54, 1.807) is 0 Å². The van der Waals surface area contributed by atoms with Crippen LogP contribution >= 0.6 is 0 Å². The number of piperidine rings is 1. The molecule has 1 saturated carbocycles. The number of carbonyl (C=O) groups is 1. The van der Waals surface area contributed by atoms with Crippen molar-refractivity contribution in [1.82, 2.24) is 4.90 Å². The van der Waals surface area contributed by atoms with E-state index in [1.165, 1.54) is 32.1 Å². The molecule has 1 heterocycles. The first-order valence-corrected chi connectivity index (χ1v) is 8.62. The third-order valence-electron chi connectivity index (χ3n) is 5.63. The highest BCUT2D eigenvalue weighted by Gasteiger charge is 2.38. The number of hydrogen-bond acceptors (Lipinski definition) is 2. The third kappa shape index (κ3) is 3.75. The number of hydrogen-bond donors (Lipinski definition) is 1. The van der Waals surface area contributed by atoms with Crippen molar-refractivity contribution in [2.24, 2.45) is 17.8 Å². The van der Waals surface area contributed by atoms with Crippen molar-refractivity contribution < 1.29 is 9.90 Å². The maximum absolute atomic E-state index is 11.6. The number of nitrogens with zero attached hydrogens (tertiary/aromatic N) is 1. The molecule has 2 fully saturated rings. The lowest BCUT2D eigenvalue weighted by atomic mass is 9.75. The standard InChI is InChI=1S/C17H31NO2/c1-3-5-14-6-7-15(17(19)20)16(12-14)18-10-8-13(4-2)9-11-18/h13-16H,3-12H2,1-2H3,(H,19,20). The first-order chi connectivity index (χ1) is 9.65. The highest BCUT2D eigenvalue weighted by molar-refractivity contribution is 5.71. The van der Waals surface area contributed by atoms with Gasteiger partial charge >= 0.3 is 5.97 Å². The molecular formula is C17H31NO2. The van der Waals surface area contributed by atoms with Crippen LogP contribution < -0.4 is 0 Å². The first-order valence-electron chi connectivity index (χ1n) is 8.62. The van der Waals surface area contributed by atoms with Gasteiger partial charge in [0.05, 0.1) is 5.92 Å². The number of rotatable bonds is 5. The normalized spacial score (nSPS) is 33.2. The van der Waals surface area contributed by atoms with E-state index in [-0.39, 0.29) is 5.92 Å². The lowest BCUT2D eigenvalue weighted by Gasteiger charge is -2.44. The minimum atomic E-state index is -0.567. The molecule has 1 aliphatic heterocycles. The maximum Gasteiger partial charge on any atom is 0.308 e. The minimum Gasteiger partial charge on any atom is -0.481 e. The summed E-state index contributed by atoms with van der Waals surface area (Å²) in [5, 5.41) is 9.53. The second-order valence-electron chi connectivity index (χ2n) is 6.87. The van der Waals surface area contributed by atoms with Crippen molar-refractivity contribution in [2.75, 3.05) is 13.1 Å². The van der Waals surface area contributed by atoms with Gasteiger partial charge in [0.15, 0.2) is 0 Å². The van der Waals surface area contributed by atoms with Gasteiger partial charge in [-0.3, -0.25) is 9.69 Å². The SMILES string of the molecule is CCCC1CCC(C(=O)O)C(N2CCC(CC)CC2)C1. The summed E-state index contributed by atoms with van der Waals surface area (Å²) in [6, 6.07) is 0.301. The van der Waals surface area contributed by atoms with Crippen LogP contribution in [0.1, 0.15) is 65.2 Å². The van der Waals surface area contributed by atoms with Crippen LogP contribution in [0.3, 0.4) is 0 Å². The second-order valence-corrected chi connectivity index (χ2v) is 6.87. The van der Waals surface area contributed by atoms with Crippen LogP contribution in [0.2, 0.25) is 0 Å². The van der Waals surface area contributed by atoms with Crippen LogP contribution in [0.15, 0.2) is 0 Å². The van der Waals surface area contributed by atoms with Gasteiger partial charge in [-0.05, 0) is 57.0 Å². The monoisotopic (exact) mass is 281 g/mol. The molecule has 1 N–H and O–H groups in total. The fraction of sp³-hybridized carbons (Fsp3) is 0.941. The van der Waals surface area contributed by atoms with Gasteiger partial charge in [0.25, 0.3) is 0 Å². The Hall–Kier alpha value is -0.570. The zero-order chi connectivity index (χ0) is 14.5. The molecule has 0 radical (unpaired) electrons. The van der Waals surface area contributed by atoms with Gasteiger partial charge in [-0.2, -0.15) is 0 Å². The van der Waals surface area contributed by atoms with Crippen LogP contribution in [0, 0.1) is 17.8 Å². The average molecular weight is 281 g/mol. The maximum atomic E-state index is 11.6. The van der Waals surface area contributed by atoms with Crippen molar-refractivity contribution in [1.29, 1.82) is 0 Å². The summed E-state index contributed by atoms with van der Waals surface area (Å²) < 4.78 is 0. The Morgan fingerprint density at radius 3 is 2.35 bits per heavy atom. The second kappa shape index (κ2) is 7.44. The summed E-state index contributed by atoms with van der Waals surface area (Å²) in [5.74, 6) is 0.929. The summed E-state index contributed by atoms with van der Waals surface area (Å²) in [5.41, 5.74) is 0. The highest BCUT2D eigenvalue weighted by Crippen LogP contribution is 2.36. The molecule has 3 nitrogen and oxygen atoms in total. The van der Waals surface area contributed by atoms with Crippen LogP contribution in [-0.4, -0.2) is 35.1 Å². The molecule has 0 amide bonds. The Balaban J connectivity index is 1.98. The van der Waals surface area contributed by atoms with Gasteiger partial charge in [-0.1, -0.05) is 33.1 Å². The van der Waals surface area contributed by atoms with Crippen molar-refractivity contribution in [3.05, 3.63) is 0 Å². The van der Waals surface area contributed by atoms with E-state index in [4.69, 9.17) is 0 Å². The van der Waals surface area contributed by atoms with Gasteiger partial charge in [0.1, 0.15) is 0 Å². The predicted octanol–water partition coefficient (Wildman–Crippen LogP) is 3.78. The predicted molar refractivity (Wildman–Crippen MR) is 81.8 cm³/mol. The molecule has 20 heavy (non-hydrogen) atoms. The molecule has 0 aromatic heterocycles. The van der Waals surface area contributed by atoms with E-state index >= 15 is 0 Å². The largest absolute Gasteiger partial charge is 0.481 e. The Kier molecular flexibility index (Phi) is 5.88. The Morgan fingerprint density at radius 1 is 1.10 bits per heavy atom. The van der Waals surface area contributed by atoms with E-state index in [0.717, 1.165) is 44.2 Å². The van der Waals surface area contributed by atoms with Crippen molar-refractivity contribution >= 4 is 5.97 Å². The number of likely N-dealkylation sites (tertiary alicyclic amines) is 1. The summed E-state index contributed by atoms with van der Waals surface area (Å²) in [6.07, 6.45) is 9.42. The number of aliphatic carboxylic acids is 1. The van der Waals surface area contributed by atoms with E-state index in [0.29, 0.717) is 6.04 Å². The fourth-order valence-corrected chi connectivity index (χ4v) is 4.29. The van der Waals surface area contributed by atoms with Crippen LogP contribution in [0.4, 0.5) is 0 Å². The number of carboxylic acids is 1. The van der Waals surface area contributed by atoms with Gasteiger partial charge in [0, 0.05) is 6.04 Å². The molecule has 1 aliphatic carbocycles. The number of carboxylic acid groups (broad SMARTS) is 1. The smallest absolute Gasteiger partial charge is 0.308 e. The molecule has 0 bridgehead atoms. The molecule has 0 spiro atoms. The van der Waals surface area contributed by atoms with Crippen molar-refractivity contribution in [3.63, 3.8) is 0 Å². The van der Waals surface area contributed by atoms with E-state index in [9.17, 15) is 9.90 Å². The molecule has 3 heteroatoms. The molecule has 116 valence electrons. The summed E-state index contributed by atoms with van der Waals surface area (Å²) >= 11 is 0. The van der Waals surface area contributed by atoms with Gasteiger partial charge < -0.3 is 5.11 Å². The molecule has 0 aromatic rings. The van der Waals surface area contributed by atoms with Crippen LogP contribution in [-0.2, 0) is 4.79 Å². The quantitative estimate of drug-likeness (QED) is 0.833. The van der Waals surface area contributed by atoms with Crippen molar-refractivity contribution in [3.8, 4) is 0 Å². The van der Waals surface area contributed by atoms with E-state index < -0.39 is 5.97 Å². The van der Waals surface area contributed by atoms with Crippen molar-refractivity contribution in [2.45, 2.75) is 71.3 Å². The molecule has 0 aromatic carbocycles. The van der Waals surface area contributed by atoms with Gasteiger partial charge in [-0.15, -0.1) is 0 Å².